The summed E-state index contributed by atoms with van der Waals surface area (Å²) in [5.41, 5.74) is 1.78. The molecule has 0 aliphatic carbocycles. The molecule has 0 spiro atoms. The van der Waals surface area contributed by atoms with Gasteiger partial charge in [-0.3, -0.25) is 9.59 Å². The lowest BCUT2D eigenvalue weighted by Crippen LogP contribution is -2.31. The van der Waals surface area contributed by atoms with E-state index in [1.54, 1.807) is 30.3 Å². The second-order valence-electron chi connectivity index (χ2n) is 5.29. The Kier molecular flexibility index (Phi) is 5.93. The lowest BCUT2D eigenvalue weighted by molar-refractivity contribution is 0.0938. The second kappa shape index (κ2) is 7.92. The predicted octanol–water partition coefficient (Wildman–Crippen LogP) is 4.23. The fourth-order valence-corrected chi connectivity index (χ4v) is 2.42. The number of carbonyl (C=O) groups is 2. The first kappa shape index (κ1) is 17.2. The van der Waals surface area contributed by atoms with Crippen LogP contribution in [0.1, 0.15) is 41.0 Å². The van der Waals surface area contributed by atoms with Crippen molar-refractivity contribution in [1.82, 2.24) is 5.32 Å². The molecule has 0 saturated carbocycles. The summed E-state index contributed by atoms with van der Waals surface area (Å²) < 4.78 is 0.738. The summed E-state index contributed by atoms with van der Waals surface area (Å²) in [6.07, 6.45) is 0.881. The predicted molar refractivity (Wildman–Crippen MR) is 95.8 cm³/mol. The molecular weight excluding hydrogens is 356 g/mol. The lowest BCUT2D eigenvalue weighted by atomic mass is 10.1. The summed E-state index contributed by atoms with van der Waals surface area (Å²) in [6, 6.07) is 14.2. The van der Waals surface area contributed by atoms with Gasteiger partial charge in [0, 0.05) is 21.8 Å². The van der Waals surface area contributed by atoms with E-state index in [9.17, 15) is 9.59 Å². The van der Waals surface area contributed by atoms with E-state index in [1.165, 1.54) is 0 Å². The van der Waals surface area contributed by atoms with Crippen molar-refractivity contribution in [2.45, 2.75) is 26.3 Å². The molecule has 2 rings (SSSR count). The minimum atomic E-state index is -0.200. The highest BCUT2D eigenvalue weighted by Crippen LogP contribution is 2.18. The number of rotatable bonds is 5. The van der Waals surface area contributed by atoms with E-state index in [4.69, 9.17) is 0 Å². The number of hydrogen-bond acceptors (Lipinski definition) is 2. The van der Waals surface area contributed by atoms with Crippen molar-refractivity contribution in [2.75, 3.05) is 5.32 Å². The van der Waals surface area contributed by atoms with Crippen LogP contribution in [0.5, 0.6) is 0 Å². The first-order valence-electron chi connectivity index (χ1n) is 7.48. The second-order valence-corrected chi connectivity index (χ2v) is 6.15. The molecular formula is C18H19BrN2O2. The Morgan fingerprint density at radius 3 is 2.30 bits per heavy atom. The Morgan fingerprint density at radius 1 is 1.04 bits per heavy atom. The van der Waals surface area contributed by atoms with E-state index in [-0.39, 0.29) is 17.9 Å². The van der Waals surface area contributed by atoms with Gasteiger partial charge in [0.05, 0.1) is 5.56 Å². The average molecular weight is 375 g/mol. The molecule has 5 heteroatoms. The van der Waals surface area contributed by atoms with Crippen LogP contribution in [0.25, 0.3) is 0 Å². The third-order valence-electron chi connectivity index (χ3n) is 3.51. The Labute approximate surface area is 144 Å². The smallest absolute Gasteiger partial charge is 0.256 e. The van der Waals surface area contributed by atoms with Gasteiger partial charge in [0.2, 0.25) is 0 Å². The van der Waals surface area contributed by atoms with Crippen molar-refractivity contribution in [3.8, 4) is 0 Å². The van der Waals surface area contributed by atoms with Gasteiger partial charge in [0.15, 0.2) is 0 Å². The monoisotopic (exact) mass is 374 g/mol. The molecule has 0 bridgehead atoms. The molecule has 1 atom stereocenters. The average Bonchev–Trinajstić information content (AvgIpc) is 2.55. The van der Waals surface area contributed by atoms with Crippen molar-refractivity contribution >= 4 is 33.4 Å². The zero-order chi connectivity index (χ0) is 16.8. The van der Waals surface area contributed by atoms with Gasteiger partial charge in [0.25, 0.3) is 11.8 Å². The number of halogens is 1. The molecule has 2 aromatic rings. The highest BCUT2D eigenvalue weighted by Gasteiger charge is 2.11. The van der Waals surface area contributed by atoms with Crippen LogP contribution in [0.4, 0.5) is 5.69 Å². The maximum absolute atomic E-state index is 12.2. The summed E-state index contributed by atoms with van der Waals surface area (Å²) in [5.74, 6) is -0.308. The van der Waals surface area contributed by atoms with Gasteiger partial charge in [-0.25, -0.2) is 0 Å². The van der Waals surface area contributed by atoms with Crippen LogP contribution in [0.3, 0.4) is 0 Å². The minimum absolute atomic E-state index is 0.108. The van der Waals surface area contributed by atoms with E-state index in [0.717, 1.165) is 10.9 Å². The van der Waals surface area contributed by atoms with Crippen LogP contribution in [-0.2, 0) is 0 Å². The highest BCUT2D eigenvalue weighted by atomic mass is 79.9. The standard InChI is InChI=1S/C18H19BrN2O2/c1-3-12(2)20-17(22)13-8-10-14(11-9-13)21-18(23)15-6-4-5-7-16(15)19/h4-12H,3H2,1-2H3,(H,20,22)(H,21,23). The molecule has 4 nitrogen and oxygen atoms in total. The zero-order valence-electron chi connectivity index (χ0n) is 13.1. The van der Waals surface area contributed by atoms with Crippen molar-refractivity contribution < 1.29 is 9.59 Å². The molecule has 2 N–H and O–H groups in total. The van der Waals surface area contributed by atoms with E-state index < -0.39 is 0 Å². The van der Waals surface area contributed by atoms with Crippen molar-refractivity contribution in [3.63, 3.8) is 0 Å². The summed E-state index contributed by atoms with van der Waals surface area (Å²) in [6.45, 7) is 3.98. The molecule has 120 valence electrons. The Morgan fingerprint density at radius 2 is 1.70 bits per heavy atom. The van der Waals surface area contributed by atoms with Gasteiger partial charge in [0.1, 0.15) is 0 Å². The number of carbonyl (C=O) groups excluding carboxylic acids is 2. The molecule has 0 heterocycles. The normalized spacial score (nSPS) is 11.6. The van der Waals surface area contributed by atoms with Crippen LogP contribution in [0, 0.1) is 0 Å². The summed E-state index contributed by atoms with van der Waals surface area (Å²) in [4.78, 5) is 24.2. The summed E-state index contributed by atoms with van der Waals surface area (Å²) in [7, 11) is 0. The van der Waals surface area contributed by atoms with Crippen LogP contribution < -0.4 is 10.6 Å². The maximum Gasteiger partial charge on any atom is 0.256 e. The van der Waals surface area contributed by atoms with Crippen LogP contribution in [-0.4, -0.2) is 17.9 Å². The molecule has 2 aromatic carbocycles. The van der Waals surface area contributed by atoms with Crippen molar-refractivity contribution in [2.24, 2.45) is 0 Å². The number of amides is 2. The maximum atomic E-state index is 12.2. The van der Waals surface area contributed by atoms with E-state index >= 15 is 0 Å². The van der Waals surface area contributed by atoms with Gasteiger partial charge in [-0.2, -0.15) is 0 Å². The van der Waals surface area contributed by atoms with Crippen LogP contribution in [0.15, 0.2) is 53.0 Å². The van der Waals surface area contributed by atoms with Crippen molar-refractivity contribution in [3.05, 3.63) is 64.1 Å². The zero-order valence-corrected chi connectivity index (χ0v) is 14.7. The third-order valence-corrected chi connectivity index (χ3v) is 4.20. The topological polar surface area (TPSA) is 58.2 Å². The first-order chi connectivity index (χ1) is 11.0. The number of benzene rings is 2. The fourth-order valence-electron chi connectivity index (χ4n) is 1.96. The van der Waals surface area contributed by atoms with Gasteiger partial charge < -0.3 is 10.6 Å². The molecule has 23 heavy (non-hydrogen) atoms. The molecule has 1 unspecified atom stereocenters. The highest BCUT2D eigenvalue weighted by molar-refractivity contribution is 9.10. The van der Waals surface area contributed by atoms with Gasteiger partial charge in [-0.15, -0.1) is 0 Å². The van der Waals surface area contributed by atoms with Crippen molar-refractivity contribution in [1.29, 1.82) is 0 Å². The third kappa shape index (κ3) is 4.66. The van der Waals surface area contributed by atoms with E-state index in [2.05, 4.69) is 26.6 Å². The van der Waals surface area contributed by atoms with Crippen LogP contribution >= 0.6 is 15.9 Å². The van der Waals surface area contributed by atoms with Crippen LogP contribution in [0.2, 0.25) is 0 Å². The Hall–Kier alpha value is -2.14. The quantitative estimate of drug-likeness (QED) is 0.822. The fraction of sp³-hybridized carbons (Fsp3) is 0.222. The molecule has 0 aromatic heterocycles. The molecule has 0 aliphatic rings. The molecule has 0 radical (unpaired) electrons. The SMILES string of the molecule is CCC(C)NC(=O)c1ccc(NC(=O)c2ccccc2Br)cc1. The molecule has 2 amide bonds. The van der Waals surface area contributed by atoms with E-state index in [0.29, 0.717) is 16.8 Å². The van der Waals surface area contributed by atoms with Gasteiger partial charge in [-0.1, -0.05) is 19.1 Å². The Balaban J connectivity index is 2.04. The summed E-state index contributed by atoms with van der Waals surface area (Å²) >= 11 is 3.36. The number of hydrogen-bond donors (Lipinski definition) is 2. The molecule has 0 aliphatic heterocycles. The van der Waals surface area contributed by atoms with Gasteiger partial charge in [-0.05, 0) is 65.7 Å². The van der Waals surface area contributed by atoms with Gasteiger partial charge >= 0.3 is 0 Å². The van der Waals surface area contributed by atoms with E-state index in [1.807, 2.05) is 32.0 Å². The Bertz CT molecular complexity index is 698. The number of nitrogens with one attached hydrogen (secondary N) is 2. The molecule has 0 fully saturated rings. The number of anilines is 1. The lowest BCUT2D eigenvalue weighted by Gasteiger charge is -2.12. The first-order valence-corrected chi connectivity index (χ1v) is 8.27. The minimum Gasteiger partial charge on any atom is -0.350 e. The molecule has 0 saturated heterocycles. The largest absolute Gasteiger partial charge is 0.350 e. The summed E-state index contributed by atoms with van der Waals surface area (Å²) in [5, 5.41) is 5.72.